The summed E-state index contributed by atoms with van der Waals surface area (Å²) in [5.41, 5.74) is 0. The van der Waals surface area contributed by atoms with Crippen LogP contribution in [0.1, 0.15) is 32.6 Å². The molecule has 1 unspecified atom stereocenters. The molecule has 0 aliphatic rings. The maximum atomic E-state index is 10.0. The van der Waals surface area contributed by atoms with E-state index in [-0.39, 0.29) is 6.42 Å². The van der Waals surface area contributed by atoms with E-state index in [9.17, 15) is 8.42 Å². The molecule has 0 aromatic carbocycles. The summed E-state index contributed by atoms with van der Waals surface area (Å²) in [6, 6.07) is 0. The van der Waals surface area contributed by atoms with E-state index < -0.39 is 16.7 Å². The lowest BCUT2D eigenvalue weighted by Gasteiger charge is -2.07. The van der Waals surface area contributed by atoms with Crippen LogP contribution in [0.25, 0.3) is 0 Å². The van der Waals surface area contributed by atoms with E-state index in [1.807, 2.05) is 6.92 Å². The highest BCUT2D eigenvalue weighted by molar-refractivity contribution is 7.80. The van der Waals surface area contributed by atoms with Crippen molar-refractivity contribution in [3.8, 4) is 0 Å². The molecule has 6 heteroatoms. The van der Waals surface area contributed by atoms with Crippen LogP contribution in [0.3, 0.4) is 0 Å². The zero-order chi connectivity index (χ0) is 9.61. The predicted octanol–water partition coefficient (Wildman–Crippen LogP) is 0.705. The van der Waals surface area contributed by atoms with Gasteiger partial charge in [-0.15, -0.1) is 0 Å². The van der Waals surface area contributed by atoms with Gasteiger partial charge in [-0.3, -0.25) is 4.55 Å². The van der Waals surface area contributed by atoms with Gasteiger partial charge in [0.2, 0.25) is 0 Å². The summed E-state index contributed by atoms with van der Waals surface area (Å²) < 4.78 is 32.1. The van der Waals surface area contributed by atoms with Crippen LogP contribution in [0.5, 0.6) is 0 Å². The fourth-order valence-electron chi connectivity index (χ4n) is 0.757. The van der Waals surface area contributed by atoms with Gasteiger partial charge >= 0.3 is 10.4 Å². The average molecular weight is 198 g/mol. The van der Waals surface area contributed by atoms with Gasteiger partial charge in [0.05, 0.1) is 0 Å². The highest BCUT2D eigenvalue weighted by Crippen LogP contribution is 2.05. The molecule has 0 aromatic rings. The summed E-state index contributed by atoms with van der Waals surface area (Å²) in [7, 11) is -4.51. The summed E-state index contributed by atoms with van der Waals surface area (Å²) in [4.78, 5) is 0. The number of unbranched alkanes of at least 4 members (excludes halogenated alkanes) is 2. The predicted molar refractivity (Wildman–Crippen MR) is 42.8 cm³/mol. The van der Waals surface area contributed by atoms with Gasteiger partial charge in [0, 0.05) is 0 Å². The number of aliphatic hydroxyl groups is 1. The SMILES string of the molecule is CCCCCC(O)OS(=O)(=O)O. The molecule has 0 aromatic heterocycles. The fraction of sp³-hybridized carbons (Fsp3) is 1.00. The van der Waals surface area contributed by atoms with Gasteiger partial charge in [-0.25, -0.2) is 4.18 Å². The molecule has 74 valence electrons. The van der Waals surface area contributed by atoms with E-state index in [4.69, 9.17) is 9.66 Å². The van der Waals surface area contributed by atoms with Crippen LogP contribution in [-0.4, -0.2) is 24.4 Å². The Hall–Kier alpha value is -0.170. The third kappa shape index (κ3) is 7.93. The highest BCUT2D eigenvalue weighted by Gasteiger charge is 2.12. The van der Waals surface area contributed by atoms with Gasteiger partial charge in [-0.2, -0.15) is 8.42 Å². The second-order valence-electron chi connectivity index (χ2n) is 2.47. The summed E-state index contributed by atoms with van der Waals surface area (Å²) in [5.74, 6) is 0. The molecule has 0 radical (unpaired) electrons. The Labute approximate surface area is 72.3 Å². The number of aliphatic hydroxyl groups excluding tert-OH is 1. The molecule has 0 saturated carbocycles. The van der Waals surface area contributed by atoms with E-state index in [1.54, 1.807) is 0 Å². The topological polar surface area (TPSA) is 83.8 Å². The number of hydrogen-bond acceptors (Lipinski definition) is 4. The van der Waals surface area contributed by atoms with E-state index in [2.05, 4.69) is 4.18 Å². The first-order valence-corrected chi connectivity index (χ1v) is 5.16. The van der Waals surface area contributed by atoms with Gasteiger partial charge in [0.15, 0.2) is 6.29 Å². The average Bonchev–Trinajstić information content (AvgIpc) is 1.84. The smallest absolute Gasteiger partial charge is 0.367 e. The fourth-order valence-corrected chi connectivity index (χ4v) is 1.13. The van der Waals surface area contributed by atoms with Crippen molar-refractivity contribution in [2.45, 2.75) is 38.9 Å². The first kappa shape index (κ1) is 11.8. The molecule has 0 bridgehead atoms. The highest BCUT2D eigenvalue weighted by atomic mass is 32.3. The minimum atomic E-state index is -4.51. The maximum Gasteiger partial charge on any atom is 0.399 e. The molecule has 0 spiro atoms. The van der Waals surface area contributed by atoms with E-state index in [0.717, 1.165) is 12.8 Å². The number of hydrogen-bond donors (Lipinski definition) is 2. The van der Waals surface area contributed by atoms with Gasteiger partial charge in [0.1, 0.15) is 0 Å². The van der Waals surface area contributed by atoms with Gasteiger partial charge in [-0.1, -0.05) is 19.8 Å². The van der Waals surface area contributed by atoms with Crippen molar-refractivity contribution >= 4 is 10.4 Å². The molecule has 0 saturated heterocycles. The van der Waals surface area contributed by atoms with Crippen molar-refractivity contribution < 1.29 is 22.3 Å². The third-order valence-electron chi connectivity index (χ3n) is 1.29. The van der Waals surface area contributed by atoms with Crippen molar-refractivity contribution in [1.29, 1.82) is 0 Å². The Balaban J connectivity index is 3.53. The molecule has 0 fully saturated rings. The van der Waals surface area contributed by atoms with E-state index in [0.29, 0.717) is 6.42 Å². The van der Waals surface area contributed by atoms with Crippen molar-refractivity contribution in [3.63, 3.8) is 0 Å². The Bertz CT molecular complexity index is 198. The largest absolute Gasteiger partial charge is 0.399 e. The van der Waals surface area contributed by atoms with Crippen molar-refractivity contribution in [3.05, 3.63) is 0 Å². The molecule has 0 rings (SSSR count). The molecule has 5 nitrogen and oxygen atoms in total. The molecule has 0 heterocycles. The van der Waals surface area contributed by atoms with Crippen LogP contribution in [0, 0.1) is 0 Å². The summed E-state index contributed by atoms with van der Waals surface area (Å²) in [5, 5.41) is 8.85. The Morgan fingerprint density at radius 2 is 2.00 bits per heavy atom. The van der Waals surface area contributed by atoms with Crippen LogP contribution in [0.2, 0.25) is 0 Å². The van der Waals surface area contributed by atoms with E-state index >= 15 is 0 Å². The van der Waals surface area contributed by atoms with Gasteiger partial charge in [-0.05, 0) is 12.8 Å². The monoisotopic (exact) mass is 198 g/mol. The van der Waals surface area contributed by atoms with Crippen molar-refractivity contribution in [2.24, 2.45) is 0 Å². The van der Waals surface area contributed by atoms with Crippen molar-refractivity contribution in [2.75, 3.05) is 0 Å². The maximum absolute atomic E-state index is 10.0. The van der Waals surface area contributed by atoms with Crippen LogP contribution in [-0.2, 0) is 14.6 Å². The minimum Gasteiger partial charge on any atom is -0.367 e. The standard InChI is InChI=1S/C6H14O5S/c1-2-3-4-5-6(7)11-12(8,9)10/h6-7H,2-5H2,1H3,(H,8,9,10). The number of rotatable bonds is 6. The summed E-state index contributed by atoms with van der Waals surface area (Å²) in [6.07, 6.45) is 1.33. The quantitative estimate of drug-likeness (QED) is 0.373. The van der Waals surface area contributed by atoms with Crippen LogP contribution in [0.15, 0.2) is 0 Å². The Kier molecular flexibility index (Phi) is 5.39. The molecule has 1 atom stereocenters. The van der Waals surface area contributed by atoms with Crippen molar-refractivity contribution in [1.82, 2.24) is 0 Å². The molecule has 12 heavy (non-hydrogen) atoms. The summed E-state index contributed by atoms with van der Waals surface area (Å²) in [6.45, 7) is 1.98. The van der Waals surface area contributed by atoms with E-state index in [1.165, 1.54) is 0 Å². The third-order valence-corrected chi connectivity index (χ3v) is 1.75. The molecule has 2 N–H and O–H groups in total. The Morgan fingerprint density at radius 1 is 1.42 bits per heavy atom. The van der Waals surface area contributed by atoms with Crippen LogP contribution in [0.4, 0.5) is 0 Å². The van der Waals surface area contributed by atoms with Crippen LogP contribution >= 0.6 is 0 Å². The molecule has 0 aliphatic carbocycles. The molecular weight excluding hydrogens is 184 g/mol. The lowest BCUT2D eigenvalue weighted by molar-refractivity contribution is -0.0266. The normalized spacial score (nSPS) is 14.6. The zero-order valence-electron chi connectivity index (χ0n) is 6.93. The lowest BCUT2D eigenvalue weighted by atomic mass is 10.2. The molecular formula is C6H14O5S. The second-order valence-corrected chi connectivity index (χ2v) is 3.52. The van der Waals surface area contributed by atoms with Gasteiger partial charge < -0.3 is 5.11 Å². The van der Waals surface area contributed by atoms with Crippen LogP contribution < -0.4 is 0 Å². The lowest BCUT2D eigenvalue weighted by Crippen LogP contribution is -2.16. The molecule has 0 amide bonds. The first-order valence-electron chi connectivity index (χ1n) is 3.79. The Morgan fingerprint density at radius 3 is 2.42 bits per heavy atom. The molecule has 0 aliphatic heterocycles. The minimum absolute atomic E-state index is 0.216. The second kappa shape index (κ2) is 5.47. The first-order chi connectivity index (χ1) is 5.45. The summed E-state index contributed by atoms with van der Waals surface area (Å²) >= 11 is 0. The van der Waals surface area contributed by atoms with Gasteiger partial charge in [0.25, 0.3) is 0 Å². The zero-order valence-corrected chi connectivity index (χ0v) is 7.75.